The first-order valence-corrected chi connectivity index (χ1v) is 15.4. The van der Waals surface area contributed by atoms with Crippen LogP contribution in [0.4, 0.5) is 5.69 Å². The maximum atomic E-state index is 13.3. The molecular weight excluding hydrogens is 546 g/mol. The fourth-order valence-corrected chi connectivity index (χ4v) is 6.00. The summed E-state index contributed by atoms with van der Waals surface area (Å²) >= 11 is 0. The number of aromatic hydroxyl groups is 1. The van der Waals surface area contributed by atoms with Gasteiger partial charge in [0.1, 0.15) is 11.4 Å². The number of aryl methyl sites for hydroxylation is 1. The first-order chi connectivity index (χ1) is 21.0. The average molecular weight is 590 g/mol. The molecule has 5 rings (SSSR count). The van der Waals surface area contributed by atoms with E-state index in [0.29, 0.717) is 63.2 Å². The minimum Gasteiger partial charge on any atom is -0.506 e. The standard InChI is InChI=1S/C33H43N5O5/c1-37-28(13-17-35-37)26-7-5-6-24(22-26)14-20-42-21-15-31(41)38(27-8-3-2-4-9-27)19-18-34-16-12-25-10-11-29(39)32-33(25)43-23-30(40)36-32/h5-7,10-11,13,17,22,27,34,39H,2-4,8-9,12,14-16,18-21,23H2,1H3,(H,36,40). The van der Waals surface area contributed by atoms with Gasteiger partial charge in [0.2, 0.25) is 5.91 Å². The third kappa shape index (κ3) is 8.14. The Hall–Kier alpha value is -3.89. The van der Waals surface area contributed by atoms with Gasteiger partial charge in [0.25, 0.3) is 5.91 Å². The van der Waals surface area contributed by atoms with E-state index >= 15 is 0 Å². The average Bonchev–Trinajstić information content (AvgIpc) is 3.46. The highest BCUT2D eigenvalue weighted by molar-refractivity contribution is 5.97. The number of hydrogen-bond donors (Lipinski definition) is 3. The second-order valence-electron chi connectivity index (χ2n) is 11.3. The van der Waals surface area contributed by atoms with E-state index < -0.39 is 0 Å². The van der Waals surface area contributed by atoms with Crippen molar-refractivity contribution < 1.29 is 24.2 Å². The van der Waals surface area contributed by atoms with Gasteiger partial charge in [-0.2, -0.15) is 5.10 Å². The van der Waals surface area contributed by atoms with Crippen LogP contribution < -0.4 is 15.4 Å². The fraction of sp³-hybridized carbons (Fsp3) is 0.485. The Bertz CT molecular complexity index is 1380. The topological polar surface area (TPSA) is 118 Å². The summed E-state index contributed by atoms with van der Waals surface area (Å²) in [5, 5.41) is 20.5. The number of hydrogen-bond acceptors (Lipinski definition) is 7. The van der Waals surface area contributed by atoms with Crippen molar-refractivity contribution in [3.63, 3.8) is 0 Å². The van der Waals surface area contributed by atoms with E-state index in [1.165, 1.54) is 24.8 Å². The van der Waals surface area contributed by atoms with Gasteiger partial charge in [0, 0.05) is 37.9 Å². The highest BCUT2D eigenvalue weighted by atomic mass is 16.5. The Morgan fingerprint density at radius 1 is 1.14 bits per heavy atom. The second-order valence-corrected chi connectivity index (χ2v) is 11.3. The number of benzene rings is 2. The molecule has 2 amide bonds. The Morgan fingerprint density at radius 2 is 2.00 bits per heavy atom. The number of phenols is 1. The SMILES string of the molecule is Cn1nccc1-c1cccc(CCOCCC(=O)N(CCNCCc2ccc(O)c3c2OCC(=O)N3)C2CCCCC2)c1. The Labute approximate surface area is 253 Å². The van der Waals surface area contributed by atoms with Crippen LogP contribution in [0.1, 0.15) is 49.7 Å². The second kappa shape index (κ2) is 15.0. The van der Waals surface area contributed by atoms with E-state index in [-0.39, 0.29) is 24.2 Å². The van der Waals surface area contributed by atoms with Gasteiger partial charge < -0.3 is 30.1 Å². The smallest absolute Gasteiger partial charge is 0.262 e. The number of anilines is 1. The van der Waals surface area contributed by atoms with Crippen LogP contribution in [0.3, 0.4) is 0 Å². The van der Waals surface area contributed by atoms with Gasteiger partial charge >= 0.3 is 0 Å². The third-order valence-corrected chi connectivity index (χ3v) is 8.30. The molecule has 1 fully saturated rings. The number of aromatic nitrogens is 2. The molecule has 10 nitrogen and oxygen atoms in total. The Morgan fingerprint density at radius 3 is 2.81 bits per heavy atom. The molecule has 0 bridgehead atoms. The van der Waals surface area contributed by atoms with Crippen LogP contribution in [0.15, 0.2) is 48.7 Å². The molecule has 1 saturated carbocycles. The van der Waals surface area contributed by atoms with Gasteiger partial charge in [0.05, 0.1) is 25.3 Å². The molecule has 2 aromatic carbocycles. The number of carbonyl (C=O) groups is 2. The number of nitrogens with zero attached hydrogens (tertiary/aromatic N) is 3. The molecule has 0 atom stereocenters. The molecule has 1 aromatic heterocycles. The van der Waals surface area contributed by atoms with Crippen LogP contribution >= 0.6 is 0 Å². The summed E-state index contributed by atoms with van der Waals surface area (Å²) in [4.78, 5) is 27.0. The Kier molecular flexibility index (Phi) is 10.7. The van der Waals surface area contributed by atoms with Gasteiger partial charge in [-0.05, 0) is 61.6 Å². The summed E-state index contributed by atoms with van der Waals surface area (Å²) in [5.41, 5.74) is 4.66. The molecule has 43 heavy (non-hydrogen) atoms. The van der Waals surface area contributed by atoms with Crippen LogP contribution in [0.5, 0.6) is 11.5 Å². The molecule has 1 aliphatic heterocycles. The molecule has 10 heteroatoms. The normalized spacial score (nSPS) is 15.0. The minimum atomic E-state index is -0.275. The molecule has 2 aliphatic rings. The number of carbonyl (C=O) groups excluding carboxylic acids is 2. The van der Waals surface area contributed by atoms with Crippen LogP contribution in [0.2, 0.25) is 0 Å². The minimum absolute atomic E-state index is 0.000317. The lowest BCUT2D eigenvalue weighted by molar-refractivity contribution is -0.135. The Balaban J connectivity index is 1.06. The monoisotopic (exact) mass is 589 g/mol. The maximum absolute atomic E-state index is 13.3. The van der Waals surface area contributed by atoms with Crippen molar-refractivity contribution in [1.29, 1.82) is 0 Å². The highest BCUT2D eigenvalue weighted by Crippen LogP contribution is 2.39. The van der Waals surface area contributed by atoms with Crippen molar-refractivity contribution in [2.75, 3.05) is 44.8 Å². The van der Waals surface area contributed by atoms with Gasteiger partial charge in [-0.25, -0.2) is 0 Å². The van der Waals surface area contributed by atoms with E-state index in [4.69, 9.17) is 9.47 Å². The lowest BCUT2D eigenvalue weighted by Crippen LogP contribution is -2.45. The molecular formula is C33H43N5O5. The molecule has 3 N–H and O–H groups in total. The van der Waals surface area contributed by atoms with E-state index in [2.05, 4.69) is 44.9 Å². The van der Waals surface area contributed by atoms with Crippen molar-refractivity contribution in [2.24, 2.45) is 7.05 Å². The number of ether oxygens (including phenoxy) is 2. The first-order valence-electron chi connectivity index (χ1n) is 15.4. The van der Waals surface area contributed by atoms with Crippen molar-refractivity contribution in [3.8, 4) is 22.8 Å². The number of fused-ring (bicyclic) bond motifs is 1. The zero-order chi connectivity index (χ0) is 30.0. The van der Waals surface area contributed by atoms with Crippen LogP contribution in [0.25, 0.3) is 11.3 Å². The van der Waals surface area contributed by atoms with Crippen molar-refractivity contribution >= 4 is 17.5 Å². The van der Waals surface area contributed by atoms with Crippen LogP contribution in [-0.4, -0.2) is 77.1 Å². The molecule has 0 spiro atoms. The molecule has 0 saturated heterocycles. The maximum Gasteiger partial charge on any atom is 0.262 e. The zero-order valence-corrected chi connectivity index (χ0v) is 25.0. The lowest BCUT2D eigenvalue weighted by Gasteiger charge is -2.34. The van der Waals surface area contributed by atoms with E-state index in [1.54, 1.807) is 12.3 Å². The van der Waals surface area contributed by atoms with Gasteiger partial charge in [-0.1, -0.05) is 43.5 Å². The number of phenolic OH excluding ortho intramolecular Hbond substituents is 1. The number of rotatable bonds is 14. The number of nitrogens with one attached hydrogen (secondary N) is 2. The summed E-state index contributed by atoms with van der Waals surface area (Å²) in [6, 6.07) is 14.1. The summed E-state index contributed by atoms with van der Waals surface area (Å²) < 4.78 is 13.4. The van der Waals surface area contributed by atoms with E-state index in [1.807, 2.05) is 23.9 Å². The molecule has 1 aliphatic carbocycles. The van der Waals surface area contributed by atoms with Crippen molar-refractivity contribution in [3.05, 3.63) is 59.8 Å². The van der Waals surface area contributed by atoms with E-state index in [9.17, 15) is 14.7 Å². The summed E-state index contributed by atoms with van der Waals surface area (Å²) in [5.74, 6) is 0.410. The molecule has 2 heterocycles. The van der Waals surface area contributed by atoms with E-state index in [0.717, 1.165) is 36.1 Å². The lowest BCUT2D eigenvalue weighted by atomic mass is 9.94. The predicted molar refractivity (Wildman–Crippen MR) is 165 cm³/mol. The number of amides is 2. The highest BCUT2D eigenvalue weighted by Gasteiger charge is 2.25. The van der Waals surface area contributed by atoms with Crippen molar-refractivity contribution in [2.45, 2.75) is 57.4 Å². The van der Waals surface area contributed by atoms with Gasteiger partial charge in [0.15, 0.2) is 12.4 Å². The predicted octanol–water partition coefficient (Wildman–Crippen LogP) is 4.07. The van der Waals surface area contributed by atoms with Gasteiger partial charge in [-0.15, -0.1) is 0 Å². The van der Waals surface area contributed by atoms with Crippen LogP contribution in [-0.2, 0) is 34.2 Å². The van der Waals surface area contributed by atoms with Crippen LogP contribution in [0, 0.1) is 0 Å². The van der Waals surface area contributed by atoms with Gasteiger partial charge in [-0.3, -0.25) is 14.3 Å². The molecule has 3 aromatic rings. The van der Waals surface area contributed by atoms with Crippen molar-refractivity contribution in [1.82, 2.24) is 20.0 Å². The first kappa shape index (κ1) is 30.6. The molecule has 0 radical (unpaired) electrons. The molecule has 0 unspecified atom stereocenters. The summed E-state index contributed by atoms with van der Waals surface area (Å²) in [6.45, 7) is 2.96. The molecule has 230 valence electrons. The third-order valence-electron chi connectivity index (χ3n) is 8.30. The summed E-state index contributed by atoms with van der Waals surface area (Å²) in [6.07, 6.45) is 9.33. The fourth-order valence-electron chi connectivity index (χ4n) is 6.00. The summed E-state index contributed by atoms with van der Waals surface area (Å²) in [7, 11) is 1.94. The largest absolute Gasteiger partial charge is 0.506 e. The zero-order valence-electron chi connectivity index (χ0n) is 25.0. The quantitative estimate of drug-likeness (QED) is 0.192.